The van der Waals surface area contributed by atoms with E-state index in [1.807, 2.05) is 6.07 Å². The van der Waals surface area contributed by atoms with Gasteiger partial charge in [-0.2, -0.15) is 0 Å². The molecule has 110 valence electrons. The average Bonchev–Trinajstić information content (AvgIpc) is 2.74. The van der Waals surface area contributed by atoms with Gasteiger partial charge < -0.3 is 5.32 Å². The molecule has 1 aliphatic carbocycles. The molecule has 1 N–H and O–H groups in total. The molecule has 0 fully saturated rings. The summed E-state index contributed by atoms with van der Waals surface area (Å²) in [5.74, 6) is -0.404. The second-order valence-corrected chi connectivity index (χ2v) is 8.01. The molecule has 1 aliphatic rings. The second-order valence-electron chi connectivity index (χ2n) is 4.97. The minimum Gasteiger partial charge on any atom is -0.349 e. The topological polar surface area (TPSA) is 63.2 Å². The van der Waals surface area contributed by atoms with E-state index in [4.69, 9.17) is 23.2 Å². The molecular weight excluding hydrogens is 321 g/mol. The third kappa shape index (κ3) is 3.65. The lowest BCUT2D eigenvalue weighted by molar-refractivity contribution is -0.121. The maximum atomic E-state index is 11.8. The van der Waals surface area contributed by atoms with Gasteiger partial charge in [-0.15, -0.1) is 0 Å². The van der Waals surface area contributed by atoms with E-state index in [0.717, 1.165) is 30.2 Å². The number of hydrogen-bond donors (Lipinski definition) is 1. The summed E-state index contributed by atoms with van der Waals surface area (Å²) < 4.78 is 22.1. The highest BCUT2D eigenvalue weighted by Gasteiger charge is 2.26. The van der Waals surface area contributed by atoms with Crippen LogP contribution in [0.25, 0.3) is 0 Å². The van der Waals surface area contributed by atoms with Gasteiger partial charge in [-0.25, -0.2) is 8.42 Å². The highest BCUT2D eigenvalue weighted by Crippen LogP contribution is 2.39. The van der Waals surface area contributed by atoms with Crippen molar-refractivity contribution in [2.45, 2.75) is 25.3 Å². The Morgan fingerprint density at radius 2 is 2.10 bits per heavy atom. The van der Waals surface area contributed by atoms with Gasteiger partial charge in [0.25, 0.3) is 0 Å². The van der Waals surface area contributed by atoms with E-state index in [-0.39, 0.29) is 24.1 Å². The van der Waals surface area contributed by atoms with Gasteiger partial charge in [0, 0.05) is 12.7 Å². The first-order valence-corrected chi connectivity index (χ1v) is 9.03. The smallest absolute Gasteiger partial charge is 0.221 e. The average molecular weight is 336 g/mol. The zero-order valence-electron chi connectivity index (χ0n) is 10.9. The fourth-order valence-electron chi connectivity index (χ4n) is 2.33. The number of carbonyl (C=O) groups is 1. The third-order valence-electron chi connectivity index (χ3n) is 3.33. The van der Waals surface area contributed by atoms with Crippen LogP contribution in [0.3, 0.4) is 0 Å². The Morgan fingerprint density at radius 1 is 1.40 bits per heavy atom. The van der Waals surface area contributed by atoms with Gasteiger partial charge in [0.1, 0.15) is 9.84 Å². The minimum absolute atomic E-state index is 0.0218. The van der Waals surface area contributed by atoms with Gasteiger partial charge in [-0.05, 0) is 30.0 Å². The van der Waals surface area contributed by atoms with E-state index >= 15 is 0 Å². The molecule has 2 rings (SSSR count). The number of halogens is 2. The first kappa shape index (κ1) is 15.6. The Balaban J connectivity index is 2.04. The summed E-state index contributed by atoms with van der Waals surface area (Å²) in [4.78, 5) is 11.8. The zero-order chi connectivity index (χ0) is 14.9. The minimum atomic E-state index is -3.13. The molecule has 0 heterocycles. The predicted octanol–water partition coefficient (Wildman–Crippen LogP) is 2.53. The molecule has 4 nitrogen and oxygen atoms in total. The Kier molecular flexibility index (Phi) is 4.62. The van der Waals surface area contributed by atoms with Crippen LogP contribution in [0, 0.1) is 0 Å². The molecule has 0 spiro atoms. The molecule has 0 saturated heterocycles. The number of nitrogens with one attached hydrogen (secondary N) is 1. The van der Waals surface area contributed by atoms with Crippen molar-refractivity contribution in [1.82, 2.24) is 5.32 Å². The van der Waals surface area contributed by atoms with E-state index in [9.17, 15) is 13.2 Å². The number of hydrogen-bond acceptors (Lipinski definition) is 3. The molecule has 0 saturated carbocycles. The lowest BCUT2D eigenvalue weighted by Crippen LogP contribution is -2.28. The Labute approximate surface area is 128 Å². The molecule has 0 aliphatic heterocycles. The molecule has 1 aromatic carbocycles. The Bertz CT molecular complexity index is 643. The van der Waals surface area contributed by atoms with E-state index in [0.29, 0.717) is 10.0 Å². The van der Waals surface area contributed by atoms with Crippen LogP contribution in [0.4, 0.5) is 0 Å². The van der Waals surface area contributed by atoms with E-state index < -0.39 is 9.84 Å². The fourth-order valence-corrected chi connectivity index (χ4v) is 3.33. The molecule has 1 unspecified atom stereocenters. The molecule has 20 heavy (non-hydrogen) atoms. The molecular formula is C13H15Cl2NO3S. The van der Waals surface area contributed by atoms with Crippen LogP contribution in [0.2, 0.25) is 10.0 Å². The first-order valence-electron chi connectivity index (χ1n) is 6.22. The van der Waals surface area contributed by atoms with E-state index in [1.54, 1.807) is 6.07 Å². The maximum Gasteiger partial charge on any atom is 0.221 e. The normalized spacial score (nSPS) is 17.9. The summed E-state index contributed by atoms with van der Waals surface area (Å²) in [5, 5.41) is 3.90. The van der Waals surface area contributed by atoms with Crippen molar-refractivity contribution < 1.29 is 13.2 Å². The number of fused-ring (bicyclic) bond motifs is 1. The maximum absolute atomic E-state index is 11.8. The summed E-state index contributed by atoms with van der Waals surface area (Å²) in [6.07, 6.45) is 2.60. The lowest BCUT2D eigenvalue weighted by atomic mass is 10.1. The van der Waals surface area contributed by atoms with Crippen molar-refractivity contribution in [2.24, 2.45) is 0 Å². The van der Waals surface area contributed by atoms with Crippen molar-refractivity contribution in [1.29, 1.82) is 0 Å². The lowest BCUT2D eigenvalue weighted by Gasteiger charge is -2.14. The summed E-state index contributed by atoms with van der Waals surface area (Å²) >= 11 is 12.1. The van der Waals surface area contributed by atoms with Crippen molar-refractivity contribution in [3.05, 3.63) is 33.3 Å². The first-order chi connectivity index (χ1) is 9.28. The van der Waals surface area contributed by atoms with Crippen LogP contribution in [-0.2, 0) is 21.1 Å². The van der Waals surface area contributed by atoms with Crippen LogP contribution >= 0.6 is 23.2 Å². The van der Waals surface area contributed by atoms with Gasteiger partial charge in [0.2, 0.25) is 5.91 Å². The molecule has 1 aromatic rings. The Hall–Kier alpha value is -0.780. The molecule has 7 heteroatoms. The van der Waals surface area contributed by atoms with Crippen molar-refractivity contribution in [3.8, 4) is 0 Å². The largest absolute Gasteiger partial charge is 0.349 e. The Morgan fingerprint density at radius 3 is 2.75 bits per heavy atom. The summed E-state index contributed by atoms with van der Waals surface area (Å²) in [7, 11) is -3.13. The van der Waals surface area contributed by atoms with Crippen molar-refractivity contribution in [3.63, 3.8) is 0 Å². The summed E-state index contributed by atoms with van der Waals surface area (Å²) in [6.45, 7) is 0. The molecule has 1 amide bonds. The SMILES string of the molecule is CS(=O)(=O)CCC(=O)NC1CCc2c1ccc(Cl)c2Cl. The van der Waals surface area contributed by atoms with E-state index in [2.05, 4.69) is 5.32 Å². The number of rotatable bonds is 4. The van der Waals surface area contributed by atoms with Crippen LogP contribution in [0.15, 0.2) is 12.1 Å². The number of benzene rings is 1. The number of amides is 1. The second kappa shape index (κ2) is 5.92. The van der Waals surface area contributed by atoms with Crippen LogP contribution in [0.1, 0.15) is 30.0 Å². The predicted molar refractivity (Wildman–Crippen MR) is 80.0 cm³/mol. The van der Waals surface area contributed by atoms with Crippen molar-refractivity contribution in [2.75, 3.05) is 12.0 Å². The molecule has 0 bridgehead atoms. The quantitative estimate of drug-likeness (QED) is 0.919. The standard InChI is InChI=1S/C13H15Cl2NO3S/c1-20(18,19)7-6-12(17)16-11-5-3-9-8(11)2-4-10(14)13(9)15/h2,4,11H,3,5-7H2,1H3,(H,16,17). The summed E-state index contributed by atoms with van der Waals surface area (Å²) in [6, 6.07) is 3.45. The molecule has 1 atom stereocenters. The molecule has 0 radical (unpaired) electrons. The van der Waals surface area contributed by atoms with Gasteiger partial charge in [-0.1, -0.05) is 29.3 Å². The van der Waals surface area contributed by atoms with Gasteiger partial charge in [-0.3, -0.25) is 4.79 Å². The van der Waals surface area contributed by atoms with E-state index in [1.165, 1.54) is 0 Å². The number of sulfone groups is 1. The highest BCUT2D eigenvalue weighted by atomic mass is 35.5. The van der Waals surface area contributed by atoms with Gasteiger partial charge in [0.15, 0.2) is 0 Å². The highest BCUT2D eigenvalue weighted by molar-refractivity contribution is 7.90. The monoisotopic (exact) mass is 335 g/mol. The van der Waals surface area contributed by atoms with Crippen LogP contribution in [0.5, 0.6) is 0 Å². The number of carbonyl (C=O) groups excluding carboxylic acids is 1. The zero-order valence-corrected chi connectivity index (χ0v) is 13.3. The fraction of sp³-hybridized carbons (Fsp3) is 0.462. The van der Waals surface area contributed by atoms with Gasteiger partial charge in [0.05, 0.1) is 21.8 Å². The van der Waals surface area contributed by atoms with Gasteiger partial charge >= 0.3 is 0 Å². The van der Waals surface area contributed by atoms with Crippen LogP contribution < -0.4 is 5.32 Å². The third-order valence-corrected chi connectivity index (χ3v) is 5.12. The molecule has 0 aromatic heterocycles. The van der Waals surface area contributed by atoms with Crippen LogP contribution in [-0.4, -0.2) is 26.3 Å². The summed E-state index contributed by atoms with van der Waals surface area (Å²) in [5.41, 5.74) is 1.93. The van der Waals surface area contributed by atoms with Crippen molar-refractivity contribution >= 4 is 38.9 Å².